The lowest BCUT2D eigenvalue weighted by Crippen LogP contribution is -2.24. The van der Waals surface area contributed by atoms with Gasteiger partial charge in [0.05, 0.1) is 17.9 Å². The lowest BCUT2D eigenvalue weighted by atomic mass is 10.0. The minimum Gasteiger partial charge on any atom is -0.493 e. The molecule has 1 amide bonds. The van der Waals surface area contributed by atoms with E-state index < -0.39 is 0 Å². The third-order valence-corrected chi connectivity index (χ3v) is 5.66. The quantitative estimate of drug-likeness (QED) is 0.450. The summed E-state index contributed by atoms with van der Waals surface area (Å²) in [6, 6.07) is 9.85. The van der Waals surface area contributed by atoms with Crippen molar-refractivity contribution in [1.29, 1.82) is 0 Å². The molecule has 33 heavy (non-hydrogen) atoms. The van der Waals surface area contributed by atoms with Crippen molar-refractivity contribution >= 4 is 17.5 Å². The van der Waals surface area contributed by atoms with Gasteiger partial charge in [0.1, 0.15) is 11.6 Å². The van der Waals surface area contributed by atoms with Crippen LogP contribution in [0.5, 0.6) is 5.75 Å². The lowest BCUT2D eigenvalue weighted by molar-refractivity contribution is 0.0949. The van der Waals surface area contributed by atoms with Crippen LogP contribution in [0.3, 0.4) is 0 Å². The summed E-state index contributed by atoms with van der Waals surface area (Å²) >= 11 is 0. The second-order valence-corrected chi connectivity index (χ2v) is 8.23. The standard InChI is InChI=1S/C24H23FN6O2/c1-14-20(8-18(12-27-14)16-6-7-31-22(9-16)29-24(26)30-31)23(32)28-11-17-4-5-19(25)10-21(17)33-13-15-2-3-15/h4-10,12,15H,2-3,11,13H2,1H3,(H2,26,30)(H,28,32). The van der Waals surface area contributed by atoms with E-state index in [1.54, 1.807) is 36.0 Å². The van der Waals surface area contributed by atoms with Gasteiger partial charge in [-0.15, -0.1) is 5.10 Å². The summed E-state index contributed by atoms with van der Waals surface area (Å²) < 4.78 is 21.1. The van der Waals surface area contributed by atoms with Gasteiger partial charge in [0.25, 0.3) is 5.91 Å². The zero-order valence-corrected chi connectivity index (χ0v) is 18.1. The molecule has 9 heteroatoms. The van der Waals surface area contributed by atoms with E-state index in [1.165, 1.54) is 12.1 Å². The Labute approximate surface area is 189 Å². The lowest BCUT2D eigenvalue weighted by Gasteiger charge is -2.13. The first kappa shape index (κ1) is 20.9. The van der Waals surface area contributed by atoms with Crippen LogP contribution in [-0.4, -0.2) is 32.1 Å². The molecule has 0 unspecified atom stereocenters. The van der Waals surface area contributed by atoms with Crippen LogP contribution in [0.25, 0.3) is 16.8 Å². The number of fused-ring (bicyclic) bond motifs is 1. The highest BCUT2D eigenvalue weighted by Crippen LogP contribution is 2.30. The van der Waals surface area contributed by atoms with E-state index in [4.69, 9.17) is 10.5 Å². The number of nitrogens with zero attached hydrogens (tertiary/aromatic N) is 4. The molecule has 3 heterocycles. The molecular formula is C24H23FN6O2. The zero-order valence-electron chi connectivity index (χ0n) is 18.1. The van der Waals surface area contributed by atoms with E-state index in [0.29, 0.717) is 35.2 Å². The van der Waals surface area contributed by atoms with Crippen LogP contribution < -0.4 is 15.8 Å². The number of hydrogen-bond donors (Lipinski definition) is 2. The van der Waals surface area contributed by atoms with E-state index in [2.05, 4.69) is 20.4 Å². The topological polar surface area (TPSA) is 107 Å². The summed E-state index contributed by atoms with van der Waals surface area (Å²) in [5, 5.41) is 6.98. The van der Waals surface area contributed by atoms with Crippen LogP contribution >= 0.6 is 0 Å². The molecule has 5 rings (SSSR count). The van der Waals surface area contributed by atoms with Crippen LogP contribution in [0.15, 0.2) is 48.8 Å². The number of amides is 1. The molecule has 1 fully saturated rings. The van der Waals surface area contributed by atoms with Gasteiger partial charge in [-0.1, -0.05) is 6.07 Å². The molecular weight excluding hydrogens is 423 g/mol. The molecule has 0 aliphatic heterocycles. The zero-order chi connectivity index (χ0) is 22.9. The first-order chi connectivity index (χ1) is 16.0. The van der Waals surface area contributed by atoms with E-state index in [-0.39, 0.29) is 24.2 Å². The largest absolute Gasteiger partial charge is 0.493 e. The third-order valence-electron chi connectivity index (χ3n) is 5.66. The average molecular weight is 446 g/mol. The number of rotatable bonds is 7. The molecule has 1 saturated carbocycles. The average Bonchev–Trinajstić information content (AvgIpc) is 3.55. The highest BCUT2D eigenvalue weighted by molar-refractivity contribution is 5.96. The molecule has 0 radical (unpaired) electrons. The van der Waals surface area contributed by atoms with Gasteiger partial charge in [-0.05, 0) is 55.5 Å². The molecule has 0 atom stereocenters. The number of anilines is 1. The number of ether oxygens (including phenoxy) is 1. The summed E-state index contributed by atoms with van der Waals surface area (Å²) in [7, 11) is 0. The Kier molecular flexibility index (Phi) is 5.37. The van der Waals surface area contributed by atoms with Crippen molar-refractivity contribution in [2.75, 3.05) is 12.3 Å². The summed E-state index contributed by atoms with van der Waals surface area (Å²) in [6.45, 7) is 2.56. The van der Waals surface area contributed by atoms with Crippen molar-refractivity contribution < 1.29 is 13.9 Å². The maximum Gasteiger partial charge on any atom is 0.253 e. The maximum atomic E-state index is 13.7. The predicted molar refractivity (Wildman–Crippen MR) is 121 cm³/mol. The first-order valence-corrected chi connectivity index (χ1v) is 10.7. The van der Waals surface area contributed by atoms with Gasteiger partial charge in [0.2, 0.25) is 5.95 Å². The van der Waals surface area contributed by atoms with Crippen molar-refractivity contribution in [3.8, 4) is 16.9 Å². The Morgan fingerprint density at radius 2 is 2.09 bits per heavy atom. The molecule has 3 aromatic heterocycles. The number of aryl methyl sites for hydroxylation is 1. The number of nitrogens with one attached hydrogen (secondary N) is 1. The summed E-state index contributed by atoms with van der Waals surface area (Å²) in [6.07, 6.45) is 5.75. The van der Waals surface area contributed by atoms with Crippen molar-refractivity contribution in [2.45, 2.75) is 26.3 Å². The van der Waals surface area contributed by atoms with E-state index in [0.717, 1.165) is 29.5 Å². The second-order valence-electron chi connectivity index (χ2n) is 8.23. The summed E-state index contributed by atoms with van der Waals surface area (Å²) in [5.41, 5.74) is 9.66. The van der Waals surface area contributed by atoms with E-state index in [9.17, 15) is 9.18 Å². The Morgan fingerprint density at radius 1 is 1.24 bits per heavy atom. The molecule has 0 bridgehead atoms. The monoisotopic (exact) mass is 446 g/mol. The van der Waals surface area contributed by atoms with Crippen molar-refractivity contribution in [3.63, 3.8) is 0 Å². The van der Waals surface area contributed by atoms with Gasteiger partial charge in [-0.2, -0.15) is 4.98 Å². The summed E-state index contributed by atoms with van der Waals surface area (Å²) in [5.74, 6) is 0.560. The highest BCUT2D eigenvalue weighted by atomic mass is 19.1. The Hall–Kier alpha value is -4.01. The fourth-order valence-electron chi connectivity index (χ4n) is 3.57. The number of carbonyl (C=O) groups is 1. The Morgan fingerprint density at radius 3 is 2.91 bits per heavy atom. The van der Waals surface area contributed by atoms with Crippen molar-refractivity contribution in [1.82, 2.24) is 24.9 Å². The van der Waals surface area contributed by atoms with Crippen LogP contribution in [0.1, 0.15) is 34.5 Å². The van der Waals surface area contributed by atoms with Gasteiger partial charge in [-0.25, -0.2) is 8.91 Å². The fourth-order valence-corrected chi connectivity index (χ4v) is 3.57. The second kappa shape index (κ2) is 8.50. The predicted octanol–water partition coefficient (Wildman–Crippen LogP) is 3.54. The molecule has 4 aromatic rings. The van der Waals surface area contributed by atoms with Crippen LogP contribution in [-0.2, 0) is 6.54 Å². The number of aromatic nitrogens is 4. The van der Waals surface area contributed by atoms with Gasteiger partial charge in [0.15, 0.2) is 5.65 Å². The van der Waals surface area contributed by atoms with E-state index in [1.807, 2.05) is 12.1 Å². The van der Waals surface area contributed by atoms with Gasteiger partial charge in [0, 0.05) is 36.1 Å². The highest BCUT2D eigenvalue weighted by Gasteiger charge is 2.22. The van der Waals surface area contributed by atoms with E-state index >= 15 is 0 Å². The normalized spacial score (nSPS) is 13.3. The third kappa shape index (κ3) is 4.62. The molecule has 1 aromatic carbocycles. The first-order valence-electron chi connectivity index (χ1n) is 10.7. The van der Waals surface area contributed by atoms with Crippen molar-refractivity contribution in [2.24, 2.45) is 5.92 Å². The molecule has 3 N–H and O–H groups in total. The van der Waals surface area contributed by atoms with Gasteiger partial charge < -0.3 is 15.8 Å². The minimum absolute atomic E-state index is 0.190. The molecule has 168 valence electrons. The number of nitrogens with two attached hydrogens (primary N) is 1. The number of carbonyl (C=O) groups excluding carboxylic acids is 1. The number of pyridine rings is 2. The maximum absolute atomic E-state index is 13.7. The van der Waals surface area contributed by atoms with Crippen LogP contribution in [0, 0.1) is 18.7 Å². The number of benzene rings is 1. The van der Waals surface area contributed by atoms with Crippen LogP contribution in [0.4, 0.5) is 10.3 Å². The van der Waals surface area contributed by atoms with Gasteiger partial charge in [-0.3, -0.25) is 9.78 Å². The summed E-state index contributed by atoms with van der Waals surface area (Å²) in [4.78, 5) is 21.6. The number of hydrogen-bond acceptors (Lipinski definition) is 6. The van der Waals surface area contributed by atoms with Crippen LogP contribution in [0.2, 0.25) is 0 Å². The Bertz CT molecular complexity index is 1350. The fraction of sp³-hybridized carbons (Fsp3) is 0.250. The molecule has 0 saturated heterocycles. The number of nitrogen functional groups attached to an aromatic ring is 1. The van der Waals surface area contributed by atoms with Gasteiger partial charge >= 0.3 is 0 Å². The molecule has 1 aliphatic carbocycles. The smallest absolute Gasteiger partial charge is 0.253 e. The Balaban J connectivity index is 1.34. The SMILES string of the molecule is Cc1ncc(-c2ccn3nc(N)nc3c2)cc1C(=O)NCc1ccc(F)cc1OCC1CC1. The number of halogens is 1. The minimum atomic E-state index is -0.366. The van der Waals surface area contributed by atoms with Crippen molar-refractivity contribution in [3.05, 3.63) is 71.4 Å². The molecule has 8 nitrogen and oxygen atoms in total. The molecule has 1 aliphatic rings. The molecule has 0 spiro atoms.